The van der Waals surface area contributed by atoms with Gasteiger partial charge in [0, 0.05) is 12.6 Å². The number of rotatable bonds is 5. The molecular weight excluding hydrogens is 294 g/mol. The smallest absolute Gasteiger partial charge is 0.109 e. The zero-order valence-corrected chi connectivity index (χ0v) is 14.4. The van der Waals surface area contributed by atoms with E-state index in [2.05, 4.69) is 22.2 Å². The molecule has 3 saturated heterocycles. The van der Waals surface area contributed by atoms with Crippen molar-refractivity contribution in [2.75, 3.05) is 46.4 Å². The summed E-state index contributed by atoms with van der Waals surface area (Å²) in [6, 6.07) is 0.563. The van der Waals surface area contributed by atoms with Crippen molar-refractivity contribution in [3.05, 3.63) is 0 Å². The van der Waals surface area contributed by atoms with Gasteiger partial charge < -0.3 is 25.2 Å². The molecule has 3 rings (SSSR count). The van der Waals surface area contributed by atoms with Crippen molar-refractivity contribution in [3.63, 3.8) is 0 Å². The monoisotopic (exact) mass is 327 g/mol. The Bertz CT molecular complexity index is 357. The first kappa shape index (κ1) is 17.6. The predicted molar refractivity (Wildman–Crippen MR) is 89.5 cm³/mol. The van der Waals surface area contributed by atoms with Crippen molar-refractivity contribution in [3.8, 4) is 0 Å². The Balaban J connectivity index is 1.56. The van der Waals surface area contributed by atoms with Crippen molar-refractivity contribution in [1.29, 1.82) is 0 Å². The molecular formula is C17H33N3O3. The van der Waals surface area contributed by atoms with Gasteiger partial charge in [0.25, 0.3) is 0 Å². The third kappa shape index (κ3) is 4.24. The van der Waals surface area contributed by atoms with Crippen molar-refractivity contribution in [2.24, 2.45) is 0 Å². The van der Waals surface area contributed by atoms with Crippen LogP contribution in [0.25, 0.3) is 0 Å². The number of hydrogen-bond donors (Lipinski definition) is 3. The molecule has 3 N–H and O–H groups in total. The molecule has 0 saturated carbocycles. The largest absolute Gasteiger partial charge is 0.394 e. The van der Waals surface area contributed by atoms with Gasteiger partial charge in [0.1, 0.15) is 12.2 Å². The topological polar surface area (TPSA) is 68.2 Å². The summed E-state index contributed by atoms with van der Waals surface area (Å²) < 4.78 is 5.99. The normalized spacial score (nSPS) is 38.2. The van der Waals surface area contributed by atoms with Crippen LogP contribution in [-0.2, 0) is 4.74 Å². The Morgan fingerprint density at radius 1 is 1.04 bits per heavy atom. The summed E-state index contributed by atoms with van der Waals surface area (Å²) in [6.07, 6.45) is 4.97. The molecule has 0 aromatic rings. The molecule has 134 valence electrons. The average molecular weight is 327 g/mol. The number of likely N-dealkylation sites (tertiary alicyclic amines) is 2. The third-order valence-electron chi connectivity index (χ3n) is 5.78. The van der Waals surface area contributed by atoms with E-state index in [-0.39, 0.29) is 18.8 Å². The number of nitrogens with zero attached hydrogens (tertiary/aromatic N) is 2. The molecule has 3 aliphatic heterocycles. The van der Waals surface area contributed by atoms with Gasteiger partial charge in [-0.3, -0.25) is 4.90 Å². The summed E-state index contributed by atoms with van der Waals surface area (Å²) >= 11 is 0. The molecule has 0 amide bonds. The first-order valence-corrected chi connectivity index (χ1v) is 9.29. The number of piperidine rings is 2. The molecule has 4 unspecified atom stereocenters. The summed E-state index contributed by atoms with van der Waals surface area (Å²) in [5, 5.41) is 23.7. The highest BCUT2D eigenvalue weighted by Gasteiger charge is 2.46. The minimum Gasteiger partial charge on any atom is -0.394 e. The van der Waals surface area contributed by atoms with Crippen LogP contribution in [0.2, 0.25) is 0 Å². The molecule has 0 aromatic heterocycles. The van der Waals surface area contributed by atoms with Crippen LogP contribution in [0.1, 0.15) is 32.1 Å². The van der Waals surface area contributed by atoms with Crippen LogP contribution in [0.3, 0.4) is 0 Å². The number of hydrogen-bond acceptors (Lipinski definition) is 6. The van der Waals surface area contributed by atoms with Crippen LogP contribution >= 0.6 is 0 Å². The van der Waals surface area contributed by atoms with Gasteiger partial charge in [-0.15, -0.1) is 0 Å². The molecule has 0 spiro atoms. The summed E-state index contributed by atoms with van der Waals surface area (Å²) in [6.45, 7) is 5.02. The van der Waals surface area contributed by atoms with Gasteiger partial charge >= 0.3 is 0 Å². The Morgan fingerprint density at radius 3 is 2.39 bits per heavy atom. The van der Waals surface area contributed by atoms with Gasteiger partial charge in [-0.2, -0.15) is 0 Å². The third-order valence-corrected chi connectivity index (χ3v) is 5.78. The number of ether oxygens (including phenoxy) is 1. The fraction of sp³-hybridized carbons (Fsp3) is 1.00. The molecule has 0 aromatic carbocycles. The van der Waals surface area contributed by atoms with Crippen LogP contribution in [0.4, 0.5) is 0 Å². The number of nitrogens with one attached hydrogen (secondary N) is 1. The molecule has 6 nitrogen and oxygen atoms in total. The van der Waals surface area contributed by atoms with Gasteiger partial charge in [-0.05, 0) is 58.9 Å². The molecule has 3 fully saturated rings. The lowest BCUT2D eigenvalue weighted by atomic mass is 9.98. The van der Waals surface area contributed by atoms with Gasteiger partial charge in [-0.25, -0.2) is 0 Å². The van der Waals surface area contributed by atoms with Crippen LogP contribution in [-0.4, -0.2) is 96.8 Å². The number of aliphatic hydroxyl groups excluding tert-OH is 2. The van der Waals surface area contributed by atoms with E-state index in [9.17, 15) is 10.2 Å². The Hall–Kier alpha value is -0.240. The van der Waals surface area contributed by atoms with E-state index >= 15 is 0 Å². The lowest BCUT2D eigenvalue weighted by Gasteiger charge is -2.37. The lowest BCUT2D eigenvalue weighted by Crippen LogP contribution is -2.53. The summed E-state index contributed by atoms with van der Waals surface area (Å²) in [5.41, 5.74) is 0. The minimum absolute atomic E-state index is 0.0196. The van der Waals surface area contributed by atoms with Crippen LogP contribution in [0.5, 0.6) is 0 Å². The van der Waals surface area contributed by atoms with Crippen molar-refractivity contribution < 1.29 is 14.9 Å². The zero-order chi connectivity index (χ0) is 16.2. The molecule has 0 aliphatic carbocycles. The standard InChI is InChI=1S/C17H33N3O3/c1-19-9-5-13(6-10-19)18-11-14-16(17(22)15(12-21)23-14)20-7-3-2-4-8-20/h13-18,21-22H,2-12H2,1H3. The second-order valence-electron chi connectivity index (χ2n) is 7.46. The van der Waals surface area contributed by atoms with Crippen molar-refractivity contribution >= 4 is 0 Å². The Kier molecular flexibility index (Phi) is 6.29. The summed E-state index contributed by atoms with van der Waals surface area (Å²) in [4.78, 5) is 4.75. The highest BCUT2D eigenvalue weighted by molar-refractivity contribution is 4.98. The van der Waals surface area contributed by atoms with E-state index in [0.29, 0.717) is 6.04 Å². The van der Waals surface area contributed by atoms with Crippen LogP contribution in [0, 0.1) is 0 Å². The van der Waals surface area contributed by atoms with E-state index in [1.807, 2.05) is 0 Å². The van der Waals surface area contributed by atoms with E-state index in [4.69, 9.17) is 4.74 Å². The SMILES string of the molecule is CN1CCC(NCC2OC(CO)C(O)C2N2CCCCC2)CC1. The summed E-state index contributed by atoms with van der Waals surface area (Å²) in [7, 11) is 2.17. The van der Waals surface area contributed by atoms with Gasteiger partial charge in [-0.1, -0.05) is 6.42 Å². The average Bonchev–Trinajstić information content (AvgIpc) is 2.91. The van der Waals surface area contributed by atoms with Crippen LogP contribution < -0.4 is 5.32 Å². The maximum atomic E-state index is 10.6. The van der Waals surface area contributed by atoms with Gasteiger partial charge in [0.2, 0.25) is 0 Å². The van der Waals surface area contributed by atoms with Gasteiger partial charge in [0.15, 0.2) is 0 Å². The highest BCUT2D eigenvalue weighted by atomic mass is 16.5. The second kappa shape index (κ2) is 8.23. The molecule has 4 atom stereocenters. The van der Waals surface area contributed by atoms with Crippen molar-refractivity contribution in [2.45, 2.75) is 62.5 Å². The molecule has 0 bridgehead atoms. The molecule has 3 heterocycles. The second-order valence-corrected chi connectivity index (χ2v) is 7.46. The fourth-order valence-electron chi connectivity index (χ4n) is 4.31. The van der Waals surface area contributed by atoms with Crippen LogP contribution in [0.15, 0.2) is 0 Å². The van der Waals surface area contributed by atoms with E-state index in [1.54, 1.807) is 0 Å². The maximum absolute atomic E-state index is 10.6. The summed E-state index contributed by atoms with van der Waals surface area (Å²) in [5.74, 6) is 0. The van der Waals surface area contributed by atoms with E-state index in [1.165, 1.54) is 32.1 Å². The first-order valence-electron chi connectivity index (χ1n) is 9.29. The predicted octanol–water partition coefficient (Wildman–Crippen LogP) is -0.355. The molecule has 6 heteroatoms. The Morgan fingerprint density at radius 2 is 1.74 bits per heavy atom. The zero-order valence-electron chi connectivity index (χ0n) is 14.4. The van der Waals surface area contributed by atoms with E-state index < -0.39 is 12.2 Å². The molecule has 3 aliphatic rings. The Labute approximate surface area is 139 Å². The fourth-order valence-corrected chi connectivity index (χ4v) is 4.31. The first-order chi connectivity index (χ1) is 11.2. The minimum atomic E-state index is -0.581. The van der Waals surface area contributed by atoms with Gasteiger partial charge in [0.05, 0.1) is 18.8 Å². The molecule has 23 heavy (non-hydrogen) atoms. The van der Waals surface area contributed by atoms with E-state index in [0.717, 1.165) is 32.7 Å². The van der Waals surface area contributed by atoms with Crippen molar-refractivity contribution in [1.82, 2.24) is 15.1 Å². The highest BCUT2D eigenvalue weighted by Crippen LogP contribution is 2.28. The maximum Gasteiger partial charge on any atom is 0.109 e. The lowest BCUT2D eigenvalue weighted by molar-refractivity contribution is -0.0222. The molecule has 0 radical (unpaired) electrons. The quantitative estimate of drug-likeness (QED) is 0.641. The number of aliphatic hydroxyl groups is 2.